The molecule has 0 spiro atoms. The highest BCUT2D eigenvalue weighted by Gasteiger charge is 2.11. The minimum atomic E-state index is 0.538. The van der Waals surface area contributed by atoms with Gasteiger partial charge in [0.15, 0.2) is 0 Å². The van der Waals surface area contributed by atoms with Crippen molar-refractivity contribution < 1.29 is 0 Å². The Bertz CT molecular complexity index is 304. The van der Waals surface area contributed by atoms with Gasteiger partial charge < -0.3 is 9.88 Å². The van der Waals surface area contributed by atoms with Gasteiger partial charge in [0, 0.05) is 24.9 Å². The van der Waals surface area contributed by atoms with E-state index in [-0.39, 0.29) is 0 Å². The zero-order valence-corrected chi connectivity index (χ0v) is 11.7. The second kappa shape index (κ2) is 7.49. The highest BCUT2D eigenvalue weighted by molar-refractivity contribution is 4.99. The van der Waals surface area contributed by atoms with E-state index in [4.69, 9.17) is 0 Å². The van der Waals surface area contributed by atoms with Crippen molar-refractivity contribution in [2.75, 3.05) is 13.1 Å². The number of hydrogen-bond donors (Lipinski definition) is 1. The first-order chi connectivity index (χ1) is 8.15. The number of rotatable bonds is 8. The summed E-state index contributed by atoms with van der Waals surface area (Å²) in [5.41, 5.74) is 0. The highest BCUT2D eigenvalue weighted by atomic mass is 15.1. The van der Waals surface area contributed by atoms with Crippen LogP contribution in [0.1, 0.15) is 52.3 Å². The maximum absolute atomic E-state index is 4.48. The molecule has 0 aromatic carbocycles. The lowest BCUT2D eigenvalue weighted by Gasteiger charge is -2.14. The Balaban J connectivity index is 2.35. The standard InChI is InChI=1S/C14H27N3/c1-5-9-17-10-8-16-14(17)13(4)6-7-15-11-12(2)3/h8,10,12-13,15H,5-7,9,11H2,1-4H3. The van der Waals surface area contributed by atoms with Crippen molar-refractivity contribution in [3.8, 4) is 0 Å². The van der Waals surface area contributed by atoms with Crippen LogP contribution in [0.3, 0.4) is 0 Å². The first kappa shape index (κ1) is 14.2. The van der Waals surface area contributed by atoms with Gasteiger partial charge in [-0.3, -0.25) is 0 Å². The van der Waals surface area contributed by atoms with Gasteiger partial charge in [0.05, 0.1) is 0 Å². The van der Waals surface area contributed by atoms with Crippen molar-refractivity contribution >= 4 is 0 Å². The number of nitrogens with zero attached hydrogens (tertiary/aromatic N) is 2. The molecule has 1 atom stereocenters. The van der Waals surface area contributed by atoms with E-state index in [1.165, 1.54) is 12.2 Å². The molecular formula is C14H27N3. The van der Waals surface area contributed by atoms with Gasteiger partial charge in [0.1, 0.15) is 5.82 Å². The maximum Gasteiger partial charge on any atom is 0.111 e. The second-order valence-electron chi connectivity index (χ2n) is 5.27. The van der Waals surface area contributed by atoms with Crippen molar-refractivity contribution in [2.45, 2.75) is 53.0 Å². The summed E-state index contributed by atoms with van der Waals surface area (Å²) in [6, 6.07) is 0. The number of aryl methyl sites for hydroxylation is 1. The molecule has 17 heavy (non-hydrogen) atoms. The van der Waals surface area contributed by atoms with Crippen LogP contribution in [0.5, 0.6) is 0 Å². The third kappa shape index (κ3) is 4.90. The van der Waals surface area contributed by atoms with E-state index < -0.39 is 0 Å². The molecule has 3 nitrogen and oxygen atoms in total. The van der Waals surface area contributed by atoms with Crippen molar-refractivity contribution in [2.24, 2.45) is 5.92 Å². The Morgan fingerprint density at radius 1 is 1.35 bits per heavy atom. The lowest BCUT2D eigenvalue weighted by atomic mass is 10.1. The first-order valence-electron chi connectivity index (χ1n) is 6.86. The van der Waals surface area contributed by atoms with Crippen molar-refractivity contribution in [3.05, 3.63) is 18.2 Å². The van der Waals surface area contributed by atoms with Crippen molar-refractivity contribution in [1.82, 2.24) is 14.9 Å². The van der Waals surface area contributed by atoms with Gasteiger partial charge in [0.2, 0.25) is 0 Å². The Morgan fingerprint density at radius 2 is 2.12 bits per heavy atom. The molecule has 0 saturated heterocycles. The number of aromatic nitrogens is 2. The summed E-state index contributed by atoms with van der Waals surface area (Å²) in [5, 5.41) is 3.49. The molecular weight excluding hydrogens is 210 g/mol. The van der Waals surface area contributed by atoms with Gasteiger partial charge in [-0.1, -0.05) is 27.7 Å². The molecule has 98 valence electrons. The predicted molar refractivity (Wildman–Crippen MR) is 73.3 cm³/mol. The summed E-state index contributed by atoms with van der Waals surface area (Å²) in [4.78, 5) is 4.48. The molecule has 0 aliphatic carbocycles. The Labute approximate surface area is 106 Å². The van der Waals surface area contributed by atoms with E-state index in [1.54, 1.807) is 0 Å². The lowest BCUT2D eigenvalue weighted by Crippen LogP contribution is -2.22. The van der Waals surface area contributed by atoms with Gasteiger partial charge in [-0.05, 0) is 31.8 Å². The van der Waals surface area contributed by atoms with Crippen LogP contribution in [0.15, 0.2) is 12.4 Å². The summed E-state index contributed by atoms with van der Waals surface area (Å²) >= 11 is 0. The molecule has 1 aromatic heterocycles. The smallest absolute Gasteiger partial charge is 0.111 e. The van der Waals surface area contributed by atoms with Crippen LogP contribution in [-0.4, -0.2) is 22.6 Å². The first-order valence-corrected chi connectivity index (χ1v) is 6.86. The molecule has 1 N–H and O–H groups in total. The van der Waals surface area contributed by atoms with E-state index in [2.05, 4.69) is 48.8 Å². The molecule has 3 heteroatoms. The summed E-state index contributed by atoms with van der Waals surface area (Å²) in [6.07, 6.45) is 6.34. The minimum Gasteiger partial charge on any atom is -0.335 e. The summed E-state index contributed by atoms with van der Waals surface area (Å²) < 4.78 is 2.28. The average molecular weight is 237 g/mol. The van der Waals surface area contributed by atoms with Gasteiger partial charge in [-0.2, -0.15) is 0 Å². The number of nitrogens with one attached hydrogen (secondary N) is 1. The normalized spacial score (nSPS) is 13.2. The Hall–Kier alpha value is -0.830. The molecule has 0 aliphatic heterocycles. The lowest BCUT2D eigenvalue weighted by molar-refractivity contribution is 0.505. The Kier molecular flexibility index (Phi) is 6.27. The molecule has 1 aromatic rings. The molecule has 1 rings (SSSR count). The van der Waals surface area contributed by atoms with Crippen LogP contribution in [-0.2, 0) is 6.54 Å². The van der Waals surface area contributed by atoms with E-state index in [0.717, 1.165) is 32.0 Å². The van der Waals surface area contributed by atoms with E-state index >= 15 is 0 Å². The third-order valence-corrected chi connectivity index (χ3v) is 2.96. The van der Waals surface area contributed by atoms with Gasteiger partial charge in [-0.15, -0.1) is 0 Å². The van der Waals surface area contributed by atoms with Crippen LogP contribution in [0.4, 0.5) is 0 Å². The summed E-state index contributed by atoms with van der Waals surface area (Å²) in [5.74, 6) is 2.50. The third-order valence-electron chi connectivity index (χ3n) is 2.96. The molecule has 0 fully saturated rings. The topological polar surface area (TPSA) is 29.9 Å². The molecule has 1 unspecified atom stereocenters. The fourth-order valence-corrected chi connectivity index (χ4v) is 2.02. The van der Waals surface area contributed by atoms with Crippen LogP contribution in [0.2, 0.25) is 0 Å². The molecule has 0 radical (unpaired) electrons. The minimum absolute atomic E-state index is 0.538. The van der Waals surface area contributed by atoms with Gasteiger partial charge in [0.25, 0.3) is 0 Å². The zero-order chi connectivity index (χ0) is 12.7. The second-order valence-corrected chi connectivity index (χ2v) is 5.27. The van der Waals surface area contributed by atoms with Gasteiger partial charge >= 0.3 is 0 Å². The Morgan fingerprint density at radius 3 is 2.76 bits per heavy atom. The quantitative estimate of drug-likeness (QED) is 0.704. The molecule has 1 heterocycles. The number of hydrogen-bond acceptors (Lipinski definition) is 2. The van der Waals surface area contributed by atoms with Crippen molar-refractivity contribution in [1.29, 1.82) is 0 Å². The molecule has 0 amide bonds. The summed E-state index contributed by atoms with van der Waals surface area (Å²) in [7, 11) is 0. The average Bonchev–Trinajstić information content (AvgIpc) is 2.72. The van der Waals surface area contributed by atoms with Gasteiger partial charge in [-0.25, -0.2) is 4.98 Å². The largest absolute Gasteiger partial charge is 0.335 e. The SMILES string of the molecule is CCCn1ccnc1C(C)CCNCC(C)C. The molecule has 0 saturated carbocycles. The van der Waals surface area contributed by atoms with Crippen LogP contribution >= 0.6 is 0 Å². The van der Waals surface area contributed by atoms with E-state index in [1.807, 2.05) is 6.20 Å². The molecule has 0 bridgehead atoms. The maximum atomic E-state index is 4.48. The van der Waals surface area contributed by atoms with E-state index in [9.17, 15) is 0 Å². The van der Waals surface area contributed by atoms with Crippen LogP contribution in [0, 0.1) is 5.92 Å². The summed E-state index contributed by atoms with van der Waals surface area (Å²) in [6.45, 7) is 12.2. The number of imidazole rings is 1. The van der Waals surface area contributed by atoms with Crippen LogP contribution in [0.25, 0.3) is 0 Å². The van der Waals surface area contributed by atoms with E-state index in [0.29, 0.717) is 5.92 Å². The van der Waals surface area contributed by atoms with Crippen molar-refractivity contribution in [3.63, 3.8) is 0 Å². The predicted octanol–water partition coefficient (Wildman–Crippen LogP) is 3.03. The monoisotopic (exact) mass is 237 g/mol. The fourth-order valence-electron chi connectivity index (χ4n) is 2.02. The zero-order valence-electron chi connectivity index (χ0n) is 11.7. The highest BCUT2D eigenvalue weighted by Crippen LogP contribution is 2.16. The molecule has 0 aliphatic rings. The van der Waals surface area contributed by atoms with Crippen LogP contribution < -0.4 is 5.32 Å². The fraction of sp³-hybridized carbons (Fsp3) is 0.786.